The fourth-order valence-corrected chi connectivity index (χ4v) is 5.48. The van der Waals surface area contributed by atoms with Gasteiger partial charge < -0.3 is 4.43 Å². The van der Waals surface area contributed by atoms with Crippen LogP contribution in [-0.2, 0) is 9.22 Å². The Balaban J connectivity index is 2.99. The summed E-state index contributed by atoms with van der Waals surface area (Å²) in [5.41, 5.74) is 1.12. The molecular formula is C19H35NO2S2Si. The molecule has 1 rings (SSSR count). The molecule has 0 spiro atoms. The summed E-state index contributed by atoms with van der Waals surface area (Å²) in [5.74, 6) is 1.40. The monoisotopic (exact) mass is 401 g/mol. The van der Waals surface area contributed by atoms with Crippen LogP contribution < -0.4 is 0 Å². The summed E-state index contributed by atoms with van der Waals surface area (Å²) in [4.78, 5) is 14.9. The molecule has 0 aromatic rings. The predicted molar refractivity (Wildman–Crippen MR) is 117 cm³/mol. The van der Waals surface area contributed by atoms with E-state index in [4.69, 9.17) is 16.6 Å². The molecule has 1 amide bonds. The van der Waals surface area contributed by atoms with E-state index < -0.39 is 8.32 Å². The Labute approximate surface area is 165 Å². The fraction of sp³-hybridized carbons (Fsp3) is 0.789. The van der Waals surface area contributed by atoms with Gasteiger partial charge in [-0.3, -0.25) is 9.69 Å². The van der Waals surface area contributed by atoms with E-state index in [0.29, 0.717) is 16.7 Å². The number of thiocarbonyl (C=S) groups is 1. The van der Waals surface area contributed by atoms with Crippen molar-refractivity contribution in [1.82, 2.24) is 4.90 Å². The average molecular weight is 402 g/mol. The molecule has 0 bridgehead atoms. The molecule has 0 aromatic carbocycles. The van der Waals surface area contributed by atoms with Crippen LogP contribution >= 0.6 is 24.0 Å². The van der Waals surface area contributed by atoms with Gasteiger partial charge in [0.15, 0.2) is 8.32 Å². The van der Waals surface area contributed by atoms with Crippen molar-refractivity contribution in [2.24, 2.45) is 5.92 Å². The predicted octanol–water partition coefficient (Wildman–Crippen LogP) is 5.62. The van der Waals surface area contributed by atoms with Crippen LogP contribution in [-0.4, -0.2) is 41.3 Å². The minimum Gasteiger partial charge on any atom is -0.410 e. The second kappa shape index (κ2) is 8.68. The smallest absolute Gasteiger partial charge is 0.231 e. The second-order valence-corrected chi connectivity index (χ2v) is 15.2. The van der Waals surface area contributed by atoms with Gasteiger partial charge in [-0.05, 0) is 43.5 Å². The molecule has 3 nitrogen and oxygen atoms in total. The van der Waals surface area contributed by atoms with E-state index in [1.807, 2.05) is 11.8 Å². The number of rotatable bonds is 6. The molecule has 0 radical (unpaired) electrons. The van der Waals surface area contributed by atoms with Gasteiger partial charge in [-0.1, -0.05) is 64.7 Å². The lowest BCUT2D eigenvalue weighted by Crippen LogP contribution is -2.47. The van der Waals surface area contributed by atoms with Crippen LogP contribution in [0.3, 0.4) is 0 Å². The largest absolute Gasteiger partial charge is 0.410 e. The van der Waals surface area contributed by atoms with Crippen LogP contribution in [0.2, 0.25) is 18.1 Å². The van der Waals surface area contributed by atoms with Gasteiger partial charge in [0, 0.05) is 11.8 Å². The maximum Gasteiger partial charge on any atom is 0.231 e. The number of allylic oxidation sites excluding steroid dienone is 1. The highest BCUT2D eigenvalue weighted by molar-refractivity contribution is 8.23. The van der Waals surface area contributed by atoms with Gasteiger partial charge in [0.05, 0.1) is 12.5 Å². The lowest BCUT2D eigenvalue weighted by molar-refractivity contribution is -0.130. The molecule has 1 saturated heterocycles. The average Bonchev–Trinajstić information content (AvgIpc) is 2.86. The number of amides is 1. The highest BCUT2D eigenvalue weighted by Gasteiger charge is 2.41. The molecule has 0 aromatic heterocycles. The van der Waals surface area contributed by atoms with Crippen molar-refractivity contribution >= 4 is 42.5 Å². The summed E-state index contributed by atoms with van der Waals surface area (Å²) in [6.45, 7) is 19.5. The van der Waals surface area contributed by atoms with Gasteiger partial charge in [0.1, 0.15) is 4.32 Å². The van der Waals surface area contributed by atoms with Crippen molar-refractivity contribution in [1.29, 1.82) is 0 Å². The summed E-state index contributed by atoms with van der Waals surface area (Å²) in [6.07, 6.45) is 2.26. The first-order valence-corrected chi connectivity index (χ1v) is 13.4. The Morgan fingerprint density at radius 1 is 1.44 bits per heavy atom. The number of nitrogens with zero attached hydrogens (tertiary/aromatic N) is 1. The van der Waals surface area contributed by atoms with Crippen LogP contribution in [0.5, 0.6) is 0 Å². The normalized spacial score (nSPS) is 21.2. The number of carbonyl (C=O) groups is 1. The zero-order valence-electron chi connectivity index (χ0n) is 17.3. The molecule has 1 aliphatic heterocycles. The van der Waals surface area contributed by atoms with E-state index in [0.717, 1.165) is 11.3 Å². The minimum atomic E-state index is -1.96. The van der Waals surface area contributed by atoms with E-state index in [1.165, 1.54) is 0 Å². The lowest BCUT2D eigenvalue weighted by Gasteiger charge is -2.40. The second-order valence-electron chi connectivity index (χ2n) is 8.76. The van der Waals surface area contributed by atoms with Crippen molar-refractivity contribution in [3.8, 4) is 0 Å². The first-order valence-electron chi connectivity index (χ1n) is 9.11. The van der Waals surface area contributed by atoms with Gasteiger partial charge in [-0.15, -0.1) is 0 Å². The number of thioether (sulfide) groups is 1. The highest BCUT2D eigenvalue weighted by Crippen LogP contribution is 2.39. The number of hydrogen-bond acceptors (Lipinski definition) is 4. The summed E-state index contributed by atoms with van der Waals surface area (Å²) in [5, 5.41) is 0.113. The van der Waals surface area contributed by atoms with Crippen LogP contribution in [0.25, 0.3) is 0 Å². The summed E-state index contributed by atoms with van der Waals surface area (Å²) in [7, 11) is -1.96. The van der Waals surface area contributed by atoms with Crippen LogP contribution in [0.4, 0.5) is 0 Å². The molecule has 1 unspecified atom stereocenters. The number of carbonyl (C=O) groups excluding carboxylic acids is 1. The van der Waals surface area contributed by atoms with Gasteiger partial charge >= 0.3 is 0 Å². The molecule has 1 fully saturated rings. The third kappa shape index (κ3) is 5.65. The lowest BCUT2D eigenvalue weighted by atomic mass is 10.0. The van der Waals surface area contributed by atoms with Gasteiger partial charge in [-0.25, -0.2) is 0 Å². The van der Waals surface area contributed by atoms with E-state index in [9.17, 15) is 4.79 Å². The van der Waals surface area contributed by atoms with Crippen molar-refractivity contribution < 1.29 is 9.22 Å². The first kappa shape index (κ1) is 22.9. The summed E-state index contributed by atoms with van der Waals surface area (Å²) in [6, 6.07) is 0.199. The third-order valence-electron chi connectivity index (χ3n) is 5.51. The zero-order valence-corrected chi connectivity index (χ0v) is 19.9. The quantitative estimate of drug-likeness (QED) is 0.328. The maximum atomic E-state index is 13.1. The molecule has 0 aliphatic carbocycles. The topological polar surface area (TPSA) is 29.5 Å². The van der Waals surface area contributed by atoms with Crippen molar-refractivity contribution in [2.75, 3.05) is 5.75 Å². The maximum absolute atomic E-state index is 13.1. The van der Waals surface area contributed by atoms with E-state index in [2.05, 4.69) is 60.7 Å². The summed E-state index contributed by atoms with van der Waals surface area (Å²) < 4.78 is 7.30. The van der Waals surface area contributed by atoms with Gasteiger partial charge in [0.25, 0.3) is 0 Å². The first-order chi connectivity index (χ1) is 11.3. The molecular weight excluding hydrogens is 366 g/mol. The standard InChI is InChI=1S/C19H35NO2S2Si/c1-10-14(4)16(22-25(8,9)19(5,6)7)11-17(21)20-15(13(2)3)12-24-18(20)23/h10,13,15-16H,11-12H2,1-9H3/b14-10-/t15-,16?/m1/s1. The Morgan fingerprint density at radius 2 is 2.00 bits per heavy atom. The molecule has 0 saturated carbocycles. The Hall–Kier alpha value is -0.173. The van der Waals surface area contributed by atoms with Crippen LogP contribution in [0.15, 0.2) is 11.6 Å². The molecule has 0 N–H and O–H groups in total. The molecule has 25 heavy (non-hydrogen) atoms. The van der Waals surface area contributed by atoms with Gasteiger partial charge in [-0.2, -0.15) is 0 Å². The molecule has 1 aliphatic rings. The molecule has 6 heteroatoms. The third-order valence-corrected chi connectivity index (χ3v) is 11.5. The molecule has 2 atom stereocenters. The van der Waals surface area contributed by atoms with Gasteiger partial charge in [0.2, 0.25) is 5.91 Å². The Bertz CT molecular complexity index is 538. The fourth-order valence-electron chi connectivity index (χ4n) is 2.48. The van der Waals surface area contributed by atoms with Crippen molar-refractivity contribution in [2.45, 2.75) is 85.2 Å². The molecule has 144 valence electrons. The summed E-state index contributed by atoms with van der Waals surface area (Å²) >= 11 is 7.07. The number of hydrogen-bond donors (Lipinski definition) is 0. The minimum absolute atomic E-state index is 0.0959. The van der Waals surface area contributed by atoms with Crippen LogP contribution in [0, 0.1) is 5.92 Å². The van der Waals surface area contributed by atoms with E-state index in [1.54, 1.807) is 11.8 Å². The van der Waals surface area contributed by atoms with E-state index >= 15 is 0 Å². The van der Waals surface area contributed by atoms with Crippen LogP contribution in [0.1, 0.15) is 54.9 Å². The Morgan fingerprint density at radius 3 is 2.44 bits per heavy atom. The molecule has 1 heterocycles. The van der Waals surface area contributed by atoms with E-state index in [-0.39, 0.29) is 23.1 Å². The Kier molecular flexibility index (Phi) is 7.94. The SMILES string of the molecule is C/C=C(/C)C(CC(=O)N1C(=S)SC[C@@H]1C(C)C)O[Si](C)(C)C(C)(C)C. The highest BCUT2D eigenvalue weighted by atomic mass is 32.2. The van der Waals surface area contributed by atoms with Crippen molar-refractivity contribution in [3.05, 3.63) is 11.6 Å². The zero-order chi connectivity index (χ0) is 19.6. The van der Waals surface area contributed by atoms with Crippen molar-refractivity contribution in [3.63, 3.8) is 0 Å².